The summed E-state index contributed by atoms with van der Waals surface area (Å²) in [6, 6.07) is 1.89. The molecule has 0 saturated carbocycles. The SMILES string of the molecule is O=C(c1cc(Cl)c[nH]c1=O)N1CC[C@@H](N2CCCCC2)C1. The number of rotatable bonds is 2. The van der Waals surface area contributed by atoms with E-state index in [0.29, 0.717) is 24.2 Å². The monoisotopic (exact) mass is 309 g/mol. The van der Waals surface area contributed by atoms with Crippen molar-refractivity contribution in [1.29, 1.82) is 0 Å². The van der Waals surface area contributed by atoms with Crippen molar-refractivity contribution in [1.82, 2.24) is 14.8 Å². The van der Waals surface area contributed by atoms with Gasteiger partial charge in [0.1, 0.15) is 5.56 Å². The van der Waals surface area contributed by atoms with E-state index >= 15 is 0 Å². The summed E-state index contributed by atoms with van der Waals surface area (Å²) in [7, 11) is 0. The molecule has 1 aromatic heterocycles. The lowest BCUT2D eigenvalue weighted by molar-refractivity contribution is 0.0769. The number of H-pyrrole nitrogens is 1. The Morgan fingerprint density at radius 2 is 2.00 bits per heavy atom. The van der Waals surface area contributed by atoms with Gasteiger partial charge in [0, 0.05) is 25.3 Å². The Bertz CT molecular complexity index is 581. The minimum absolute atomic E-state index is 0.141. The van der Waals surface area contributed by atoms with Gasteiger partial charge in [-0.1, -0.05) is 18.0 Å². The van der Waals surface area contributed by atoms with E-state index in [2.05, 4.69) is 9.88 Å². The highest BCUT2D eigenvalue weighted by molar-refractivity contribution is 6.30. The zero-order valence-electron chi connectivity index (χ0n) is 12.0. The third-order valence-corrected chi connectivity index (χ3v) is 4.67. The second-order valence-corrected chi connectivity index (χ2v) is 6.29. The maximum Gasteiger partial charge on any atom is 0.260 e. The van der Waals surface area contributed by atoms with Crippen LogP contribution in [0.25, 0.3) is 0 Å². The standard InChI is InChI=1S/C15H20ClN3O2/c16-11-8-13(14(20)17-9-11)15(21)19-7-4-12(10-19)18-5-2-1-3-6-18/h8-9,12H,1-7,10H2,(H,17,20)/t12-/m1/s1. The molecule has 1 aromatic rings. The molecule has 2 aliphatic heterocycles. The van der Waals surface area contributed by atoms with Gasteiger partial charge in [0.05, 0.1) is 5.02 Å². The summed E-state index contributed by atoms with van der Waals surface area (Å²) in [4.78, 5) is 31.0. The fourth-order valence-corrected chi connectivity index (χ4v) is 3.46. The molecule has 0 radical (unpaired) electrons. The molecule has 6 heteroatoms. The molecular weight excluding hydrogens is 290 g/mol. The second-order valence-electron chi connectivity index (χ2n) is 5.85. The molecule has 1 amide bonds. The summed E-state index contributed by atoms with van der Waals surface area (Å²) in [6.07, 6.45) is 6.20. The van der Waals surface area contributed by atoms with Gasteiger partial charge >= 0.3 is 0 Å². The summed E-state index contributed by atoms with van der Waals surface area (Å²) in [6.45, 7) is 3.69. The Kier molecular flexibility index (Phi) is 4.31. The first-order chi connectivity index (χ1) is 10.1. The van der Waals surface area contributed by atoms with Gasteiger partial charge in [-0.05, 0) is 38.4 Å². The van der Waals surface area contributed by atoms with E-state index in [1.165, 1.54) is 31.5 Å². The van der Waals surface area contributed by atoms with Gasteiger partial charge in [-0.3, -0.25) is 14.5 Å². The van der Waals surface area contributed by atoms with E-state index in [9.17, 15) is 9.59 Å². The van der Waals surface area contributed by atoms with Gasteiger partial charge in [-0.25, -0.2) is 0 Å². The minimum Gasteiger partial charge on any atom is -0.337 e. The van der Waals surface area contributed by atoms with Crippen LogP contribution in [0.2, 0.25) is 5.02 Å². The minimum atomic E-state index is -0.370. The van der Waals surface area contributed by atoms with Crippen molar-refractivity contribution < 1.29 is 4.79 Å². The van der Waals surface area contributed by atoms with Crippen molar-refractivity contribution in [2.45, 2.75) is 31.7 Å². The highest BCUT2D eigenvalue weighted by atomic mass is 35.5. The predicted octanol–water partition coefficient (Wildman–Crippen LogP) is 1.73. The number of likely N-dealkylation sites (tertiary alicyclic amines) is 2. The van der Waals surface area contributed by atoms with Crippen LogP contribution in [0, 0.1) is 0 Å². The highest BCUT2D eigenvalue weighted by Crippen LogP contribution is 2.21. The number of aromatic nitrogens is 1. The Morgan fingerprint density at radius 1 is 1.24 bits per heavy atom. The first kappa shape index (κ1) is 14.6. The average Bonchev–Trinajstić information content (AvgIpc) is 3.00. The lowest BCUT2D eigenvalue weighted by Crippen LogP contribution is -2.42. The van der Waals surface area contributed by atoms with E-state index in [4.69, 9.17) is 11.6 Å². The van der Waals surface area contributed by atoms with Crippen molar-refractivity contribution in [3.63, 3.8) is 0 Å². The smallest absolute Gasteiger partial charge is 0.260 e. The van der Waals surface area contributed by atoms with E-state index in [-0.39, 0.29) is 17.0 Å². The molecule has 3 rings (SSSR count). The highest BCUT2D eigenvalue weighted by Gasteiger charge is 2.32. The van der Waals surface area contributed by atoms with Crippen LogP contribution in [0.1, 0.15) is 36.0 Å². The fourth-order valence-electron chi connectivity index (χ4n) is 3.29. The molecule has 21 heavy (non-hydrogen) atoms. The molecule has 0 bridgehead atoms. The van der Waals surface area contributed by atoms with Crippen LogP contribution in [0.3, 0.4) is 0 Å². The van der Waals surface area contributed by atoms with E-state index < -0.39 is 0 Å². The Hall–Kier alpha value is -1.33. The van der Waals surface area contributed by atoms with Crippen molar-refractivity contribution in [2.75, 3.05) is 26.2 Å². The lowest BCUT2D eigenvalue weighted by Gasteiger charge is -2.32. The molecule has 1 atom stereocenters. The number of carbonyl (C=O) groups excluding carboxylic acids is 1. The number of aromatic amines is 1. The first-order valence-corrected chi connectivity index (χ1v) is 7.94. The van der Waals surface area contributed by atoms with Gasteiger partial charge in [0.2, 0.25) is 0 Å². The van der Waals surface area contributed by atoms with Gasteiger partial charge in [-0.15, -0.1) is 0 Å². The van der Waals surface area contributed by atoms with Crippen molar-refractivity contribution >= 4 is 17.5 Å². The number of piperidine rings is 1. The lowest BCUT2D eigenvalue weighted by atomic mass is 10.1. The maximum absolute atomic E-state index is 12.5. The van der Waals surface area contributed by atoms with Crippen LogP contribution in [-0.2, 0) is 0 Å². The molecule has 0 spiro atoms. The molecule has 1 N–H and O–H groups in total. The van der Waals surface area contributed by atoms with E-state index in [1.54, 1.807) is 4.90 Å². The number of nitrogens with zero attached hydrogens (tertiary/aromatic N) is 2. The summed E-state index contributed by atoms with van der Waals surface area (Å²) in [5, 5.41) is 0.379. The van der Waals surface area contributed by atoms with Gasteiger partial charge in [0.15, 0.2) is 0 Å². The number of pyridine rings is 1. The molecule has 2 saturated heterocycles. The number of carbonyl (C=O) groups is 1. The van der Waals surface area contributed by atoms with Crippen LogP contribution in [-0.4, -0.2) is 52.9 Å². The fraction of sp³-hybridized carbons (Fsp3) is 0.600. The number of hydrogen-bond donors (Lipinski definition) is 1. The van der Waals surface area contributed by atoms with Gasteiger partial charge < -0.3 is 9.88 Å². The van der Waals surface area contributed by atoms with Crippen LogP contribution >= 0.6 is 11.6 Å². The molecule has 0 aromatic carbocycles. The summed E-state index contributed by atoms with van der Waals surface area (Å²) in [5.74, 6) is -0.210. The van der Waals surface area contributed by atoms with Crippen LogP contribution < -0.4 is 5.56 Å². The number of hydrogen-bond acceptors (Lipinski definition) is 3. The van der Waals surface area contributed by atoms with Crippen molar-refractivity contribution in [3.05, 3.63) is 33.2 Å². The zero-order valence-corrected chi connectivity index (χ0v) is 12.7. The zero-order chi connectivity index (χ0) is 14.8. The van der Waals surface area contributed by atoms with Crippen molar-refractivity contribution in [2.24, 2.45) is 0 Å². The third-order valence-electron chi connectivity index (χ3n) is 4.46. The molecule has 3 heterocycles. The predicted molar refractivity (Wildman–Crippen MR) is 81.8 cm³/mol. The summed E-state index contributed by atoms with van der Waals surface area (Å²) >= 11 is 5.87. The topological polar surface area (TPSA) is 56.4 Å². The average molecular weight is 310 g/mol. The maximum atomic E-state index is 12.5. The van der Waals surface area contributed by atoms with Crippen LogP contribution in [0.15, 0.2) is 17.1 Å². The number of amides is 1. The normalized spacial score (nSPS) is 23.5. The first-order valence-electron chi connectivity index (χ1n) is 7.57. The van der Waals surface area contributed by atoms with Gasteiger partial charge in [0.25, 0.3) is 11.5 Å². The number of nitrogens with one attached hydrogen (secondary N) is 1. The molecule has 5 nitrogen and oxygen atoms in total. The van der Waals surface area contributed by atoms with E-state index in [0.717, 1.165) is 19.5 Å². The number of halogens is 1. The third kappa shape index (κ3) is 3.14. The quantitative estimate of drug-likeness (QED) is 0.905. The largest absolute Gasteiger partial charge is 0.337 e. The Morgan fingerprint density at radius 3 is 2.76 bits per heavy atom. The van der Waals surface area contributed by atoms with Gasteiger partial charge in [-0.2, -0.15) is 0 Å². The second kappa shape index (κ2) is 6.20. The molecule has 114 valence electrons. The molecule has 2 fully saturated rings. The molecule has 2 aliphatic rings. The Labute approximate surface area is 128 Å². The van der Waals surface area contributed by atoms with Crippen molar-refractivity contribution in [3.8, 4) is 0 Å². The molecular formula is C15H20ClN3O2. The van der Waals surface area contributed by atoms with Crippen LogP contribution in [0.4, 0.5) is 0 Å². The summed E-state index contributed by atoms with van der Waals surface area (Å²) < 4.78 is 0. The molecule has 0 unspecified atom stereocenters. The summed E-state index contributed by atoms with van der Waals surface area (Å²) in [5.41, 5.74) is -0.229. The molecule has 0 aliphatic carbocycles. The van der Waals surface area contributed by atoms with E-state index in [1.807, 2.05) is 0 Å². The Balaban J connectivity index is 1.69. The van der Waals surface area contributed by atoms with Crippen LogP contribution in [0.5, 0.6) is 0 Å².